The van der Waals surface area contributed by atoms with Crippen LogP contribution in [0.25, 0.3) is 0 Å². The SMILES string of the molecule is COc1ccccc1N[C@@H](C#CC(C)(C)O[Si](C)(C)C)CC(=O)Oc1ccccc1. The molecule has 160 valence electrons. The van der Waals surface area contributed by atoms with Gasteiger partial charge in [0.15, 0.2) is 8.32 Å². The summed E-state index contributed by atoms with van der Waals surface area (Å²) >= 11 is 0. The van der Waals surface area contributed by atoms with E-state index in [0.29, 0.717) is 11.5 Å². The molecule has 0 unspecified atom stereocenters. The maximum Gasteiger partial charge on any atom is 0.314 e. The molecular formula is C24H31NO4Si. The Kier molecular flexibility index (Phi) is 8.10. The van der Waals surface area contributed by atoms with E-state index in [2.05, 4.69) is 36.8 Å². The molecule has 2 rings (SSSR count). The van der Waals surface area contributed by atoms with Crippen LogP contribution in [0.5, 0.6) is 11.5 Å². The number of carbonyl (C=O) groups is 1. The van der Waals surface area contributed by atoms with Crippen LogP contribution in [0.15, 0.2) is 54.6 Å². The summed E-state index contributed by atoms with van der Waals surface area (Å²) in [6, 6.07) is 16.1. The van der Waals surface area contributed by atoms with Crippen molar-refractivity contribution in [1.82, 2.24) is 0 Å². The average molecular weight is 426 g/mol. The molecule has 0 amide bonds. The van der Waals surface area contributed by atoms with Crippen LogP contribution in [-0.2, 0) is 9.22 Å². The van der Waals surface area contributed by atoms with Gasteiger partial charge in [0.1, 0.15) is 17.1 Å². The van der Waals surface area contributed by atoms with Crippen molar-refractivity contribution >= 4 is 20.0 Å². The predicted molar refractivity (Wildman–Crippen MR) is 123 cm³/mol. The summed E-state index contributed by atoms with van der Waals surface area (Å²) in [5, 5.41) is 3.31. The zero-order valence-corrected chi connectivity index (χ0v) is 19.6. The number of benzene rings is 2. The topological polar surface area (TPSA) is 56.8 Å². The molecule has 0 spiro atoms. The van der Waals surface area contributed by atoms with Gasteiger partial charge in [-0.05, 0) is 57.8 Å². The Bertz CT molecular complexity index is 895. The van der Waals surface area contributed by atoms with E-state index in [-0.39, 0.29) is 12.4 Å². The molecule has 6 heteroatoms. The van der Waals surface area contributed by atoms with Crippen LogP contribution in [0.1, 0.15) is 20.3 Å². The summed E-state index contributed by atoms with van der Waals surface area (Å²) in [4.78, 5) is 12.5. The maximum absolute atomic E-state index is 12.5. The molecule has 2 aromatic carbocycles. The van der Waals surface area contributed by atoms with Crippen molar-refractivity contribution in [2.45, 2.75) is 51.6 Å². The molecule has 5 nitrogen and oxygen atoms in total. The van der Waals surface area contributed by atoms with E-state index < -0.39 is 20.0 Å². The van der Waals surface area contributed by atoms with Crippen LogP contribution >= 0.6 is 0 Å². The minimum atomic E-state index is -1.77. The lowest BCUT2D eigenvalue weighted by Gasteiger charge is -2.28. The van der Waals surface area contributed by atoms with Gasteiger partial charge < -0.3 is 19.2 Å². The van der Waals surface area contributed by atoms with Gasteiger partial charge in [0.2, 0.25) is 0 Å². The normalized spacial score (nSPS) is 12.3. The Hall–Kier alpha value is -2.75. The van der Waals surface area contributed by atoms with Crippen molar-refractivity contribution in [3.63, 3.8) is 0 Å². The second-order valence-electron chi connectivity index (χ2n) is 8.38. The number of hydrogen-bond donors (Lipinski definition) is 1. The Morgan fingerprint density at radius 3 is 2.33 bits per heavy atom. The predicted octanol–water partition coefficient (Wildman–Crippen LogP) is 5.10. The molecule has 1 N–H and O–H groups in total. The third kappa shape index (κ3) is 8.32. The lowest BCUT2D eigenvalue weighted by molar-refractivity contribution is -0.134. The summed E-state index contributed by atoms with van der Waals surface area (Å²) in [5.41, 5.74) is 0.143. The Balaban J connectivity index is 2.21. The van der Waals surface area contributed by atoms with E-state index in [1.807, 2.05) is 56.3 Å². The number of methoxy groups -OCH3 is 1. The highest BCUT2D eigenvalue weighted by molar-refractivity contribution is 6.69. The van der Waals surface area contributed by atoms with E-state index >= 15 is 0 Å². The molecule has 0 saturated carbocycles. The molecule has 0 aliphatic rings. The zero-order valence-electron chi connectivity index (χ0n) is 18.6. The van der Waals surface area contributed by atoms with Crippen LogP contribution in [0.4, 0.5) is 5.69 Å². The van der Waals surface area contributed by atoms with Gasteiger partial charge in [0.25, 0.3) is 0 Å². The first-order valence-corrected chi connectivity index (χ1v) is 13.4. The zero-order chi connectivity index (χ0) is 22.2. The average Bonchev–Trinajstić information content (AvgIpc) is 2.65. The molecule has 0 fully saturated rings. The van der Waals surface area contributed by atoms with E-state index in [1.165, 1.54) is 0 Å². The number of carbonyl (C=O) groups excluding carboxylic acids is 1. The third-order valence-corrected chi connectivity index (χ3v) is 5.01. The van der Waals surface area contributed by atoms with E-state index in [1.54, 1.807) is 19.2 Å². The molecule has 30 heavy (non-hydrogen) atoms. The second kappa shape index (κ2) is 10.3. The number of anilines is 1. The van der Waals surface area contributed by atoms with Crippen LogP contribution in [0.3, 0.4) is 0 Å². The Morgan fingerprint density at radius 2 is 1.70 bits per heavy atom. The van der Waals surface area contributed by atoms with Crippen molar-refractivity contribution in [2.75, 3.05) is 12.4 Å². The first kappa shape index (κ1) is 23.5. The lowest BCUT2D eigenvalue weighted by Crippen LogP contribution is -2.37. The van der Waals surface area contributed by atoms with Crippen molar-refractivity contribution in [2.24, 2.45) is 0 Å². The number of para-hydroxylation sites is 3. The first-order chi connectivity index (χ1) is 14.1. The van der Waals surface area contributed by atoms with Crippen molar-refractivity contribution in [3.8, 4) is 23.3 Å². The Labute approximate surface area is 180 Å². The van der Waals surface area contributed by atoms with E-state index in [9.17, 15) is 4.79 Å². The van der Waals surface area contributed by atoms with Crippen LogP contribution in [0.2, 0.25) is 19.6 Å². The molecule has 0 radical (unpaired) electrons. The summed E-state index contributed by atoms with van der Waals surface area (Å²) in [7, 11) is -0.164. The number of esters is 1. The Morgan fingerprint density at radius 1 is 1.07 bits per heavy atom. The van der Waals surface area contributed by atoms with Crippen molar-refractivity contribution in [3.05, 3.63) is 54.6 Å². The second-order valence-corrected chi connectivity index (χ2v) is 12.8. The smallest absolute Gasteiger partial charge is 0.314 e. The molecule has 0 aliphatic heterocycles. The van der Waals surface area contributed by atoms with Gasteiger partial charge in [0.05, 0.1) is 25.3 Å². The molecule has 0 aliphatic carbocycles. The minimum Gasteiger partial charge on any atom is -0.495 e. The van der Waals surface area contributed by atoms with Gasteiger partial charge in [-0.15, -0.1) is 0 Å². The summed E-state index contributed by atoms with van der Waals surface area (Å²) in [6.07, 6.45) is 0.0724. The largest absolute Gasteiger partial charge is 0.495 e. The lowest BCUT2D eigenvalue weighted by atomic mass is 10.1. The van der Waals surface area contributed by atoms with Gasteiger partial charge in [0, 0.05) is 0 Å². The van der Waals surface area contributed by atoms with Gasteiger partial charge >= 0.3 is 5.97 Å². The molecule has 0 bridgehead atoms. The molecular weight excluding hydrogens is 394 g/mol. The fourth-order valence-electron chi connectivity index (χ4n) is 2.97. The molecule has 0 heterocycles. The highest BCUT2D eigenvalue weighted by Crippen LogP contribution is 2.25. The monoisotopic (exact) mass is 425 g/mol. The fourth-order valence-corrected chi connectivity index (χ4v) is 4.55. The number of nitrogens with one attached hydrogen (secondary N) is 1. The molecule has 1 atom stereocenters. The van der Waals surface area contributed by atoms with Crippen LogP contribution in [-0.4, -0.2) is 33.0 Å². The number of ether oxygens (including phenoxy) is 2. The highest BCUT2D eigenvalue weighted by Gasteiger charge is 2.26. The van der Waals surface area contributed by atoms with Crippen LogP contribution < -0.4 is 14.8 Å². The van der Waals surface area contributed by atoms with Gasteiger partial charge in [-0.1, -0.05) is 42.2 Å². The number of hydrogen-bond acceptors (Lipinski definition) is 5. The van der Waals surface area contributed by atoms with E-state index in [0.717, 1.165) is 5.69 Å². The fraction of sp³-hybridized carbons (Fsp3) is 0.375. The quantitative estimate of drug-likeness (QED) is 0.276. The summed E-state index contributed by atoms with van der Waals surface area (Å²) in [6.45, 7) is 10.3. The summed E-state index contributed by atoms with van der Waals surface area (Å²) in [5.74, 6) is 7.19. The standard InChI is InChI=1S/C24H31NO4Si/c1-24(2,29-30(4,5)6)17-16-19(25-21-14-10-11-15-22(21)27-3)18-23(26)28-20-12-8-7-9-13-20/h7-15,19,25H,18H2,1-6H3/t19-/m0/s1. The van der Waals surface area contributed by atoms with Gasteiger partial charge in [-0.2, -0.15) is 0 Å². The molecule has 0 saturated heterocycles. The van der Waals surface area contributed by atoms with Crippen molar-refractivity contribution in [1.29, 1.82) is 0 Å². The summed E-state index contributed by atoms with van der Waals surface area (Å²) < 4.78 is 17.0. The van der Waals surface area contributed by atoms with Gasteiger partial charge in [-0.25, -0.2) is 0 Å². The van der Waals surface area contributed by atoms with Crippen LogP contribution in [0, 0.1) is 11.8 Å². The maximum atomic E-state index is 12.5. The number of rotatable bonds is 8. The molecule has 2 aromatic rings. The molecule has 0 aromatic heterocycles. The highest BCUT2D eigenvalue weighted by atomic mass is 28.4. The van der Waals surface area contributed by atoms with E-state index in [4.69, 9.17) is 13.9 Å². The van der Waals surface area contributed by atoms with Gasteiger partial charge in [-0.3, -0.25) is 4.79 Å². The minimum absolute atomic E-state index is 0.0724. The van der Waals surface area contributed by atoms with Crippen molar-refractivity contribution < 1.29 is 18.7 Å². The third-order valence-electron chi connectivity index (χ3n) is 3.89. The first-order valence-electron chi connectivity index (χ1n) is 9.96.